The van der Waals surface area contributed by atoms with Crippen molar-refractivity contribution in [3.63, 3.8) is 0 Å². The third-order valence-corrected chi connectivity index (χ3v) is 3.45. The van der Waals surface area contributed by atoms with E-state index in [-0.39, 0.29) is 5.97 Å². The van der Waals surface area contributed by atoms with Crippen LogP contribution in [-0.4, -0.2) is 50.7 Å². The summed E-state index contributed by atoms with van der Waals surface area (Å²) < 4.78 is 4.81. The molecule has 0 saturated heterocycles. The van der Waals surface area contributed by atoms with Gasteiger partial charge in [-0.1, -0.05) is 0 Å². The van der Waals surface area contributed by atoms with Gasteiger partial charge < -0.3 is 15.0 Å². The van der Waals surface area contributed by atoms with Gasteiger partial charge in [0.2, 0.25) is 0 Å². The van der Waals surface area contributed by atoms with E-state index in [1.165, 1.54) is 20.0 Å². The Bertz CT molecular complexity index is 241. The molecule has 1 rings (SSSR count). The van der Waals surface area contributed by atoms with Gasteiger partial charge in [0.25, 0.3) is 0 Å². The van der Waals surface area contributed by atoms with Crippen molar-refractivity contribution in [2.75, 3.05) is 34.3 Å². The Morgan fingerprint density at radius 2 is 2.19 bits per heavy atom. The summed E-state index contributed by atoms with van der Waals surface area (Å²) in [6.45, 7) is 3.97. The largest absolute Gasteiger partial charge is 0.468 e. The minimum Gasteiger partial charge on any atom is -0.468 e. The van der Waals surface area contributed by atoms with Gasteiger partial charge in [-0.2, -0.15) is 0 Å². The first-order valence-corrected chi connectivity index (χ1v) is 5.97. The summed E-state index contributed by atoms with van der Waals surface area (Å²) in [5, 5.41) is 3.05. The van der Waals surface area contributed by atoms with Crippen LogP contribution in [0.5, 0.6) is 0 Å². The highest BCUT2D eigenvalue weighted by molar-refractivity contribution is 5.80. The Morgan fingerprint density at radius 1 is 1.56 bits per heavy atom. The van der Waals surface area contributed by atoms with Crippen molar-refractivity contribution in [2.45, 2.75) is 31.7 Å². The number of nitrogens with one attached hydrogen (secondary N) is 1. The predicted octanol–water partition coefficient (Wildman–Crippen LogP) is 0.869. The zero-order valence-electron chi connectivity index (χ0n) is 10.9. The van der Waals surface area contributed by atoms with E-state index in [1.807, 2.05) is 6.92 Å². The second-order valence-corrected chi connectivity index (χ2v) is 5.03. The summed E-state index contributed by atoms with van der Waals surface area (Å²) in [6.07, 6.45) is 3.51. The molecule has 0 aromatic rings. The van der Waals surface area contributed by atoms with Gasteiger partial charge in [-0.05, 0) is 46.2 Å². The van der Waals surface area contributed by atoms with E-state index in [0.29, 0.717) is 0 Å². The molecule has 0 radical (unpaired) electrons. The third-order valence-electron chi connectivity index (χ3n) is 3.45. The molecule has 1 fully saturated rings. The molecular weight excluding hydrogens is 204 g/mol. The van der Waals surface area contributed by atoms with E-state index >= 15 is 0 Å². The van der Waals surface area contributed by atoms with Crippen LogP contribution in [0.25, 0.3) is 0 Å². The molecule has 16 heavy (non-hydrogen) atoms. The van der Waals surface area contributed by atoms with Crippen LogP contribution in [0.1, 0.15) is 26.2 Å². The minimum absolute atomic E-state index is 0.185. The maximum absolute atomic E-state index is 11.6. The van der Waals surface area contributed by atoms with Crippen molar-refractivity contribution in [1.29, 1.82) is 0 Å². The van der Waals surface area contributed by atoms with E-state index in [0.717, 1.165) is 25.4 Å². The molecule has 0 bridgehead atoms. The molecule has 94 valence electrons. The number of rotatable bonds is 7. The molecule has 1 aliphatic carbocycles. The van der Waals surface area contributed by atoms with Crippen molar-refractivity contribution in [1.82, 2.24) is 10.2 Å². The topological polar surface area (TPSA) is 41.6 Å². The van der Waals surface area contributed by atoms with Crippen LogP contribution in [0, 0.1) is 5.92 Å². The summed E-state index contributed by atoms with van der Waals surface area (Å²) in [6, 6.07) is 0. The molecule has 1 aliphatic rings. The van der Waals surface area contributed by atoms with Crippen LogP contribution >= 0.6 is 0 Å². The van der Waals surface area contributed by atoms with Crippen LogP contribution in [-0.2, 0) is 9.53 Å². The minimum atomic E-state index is -0.563. The van der Waals surface area contributed by atoms with Crippen LogP contribution in [0.3, 0.4) is 0 Å². The lowest BCUT2D eigenvalue weighted by atomic mass is 9.98. The summed E-state index contributed by atoms with van der Waals surface area (Å²) >= 11 is 0. The standard InChI is InChI=1S/C12H24N2O2/c1-12(13-2,11(15)16-4)7-8-14(3)9-10-5-6-10/h10,13H,5-9H2,1-4H3. The fourth-order valence-corrected chi connectivity index (χ4v) is 1.80. The fourth-order valence-electron chi connectivity index (χ4n) is 1.80. The van der Waals surface area contributed by atoms with Crippen LogP contribution in [0.4, 0.5) is 0 Å². The van der Waals surface area contributed by atoms with E-state index in [9.17, 15) is 4.79 Å². The highest BCUT2D eigenvalue weighted by Gasteiger charge is 2.33. The van der Waals surface area contributed by atoms with Gasteiger partial charge in [0, 0.05) is 13.1 Å². The molecule has 0 amide bonds. The van der Waals surface area contributed by atoms with Gasteiger partial charge in [-0.25, -0.2) is 0 Å². The first-order chi connectivity index (χ1) is 7.51. The number of carbonyl (C=O) groups excluding carboxylic acids is 1. The lowest BCUT2D eigenvalue weighted by molar-refractivity contribution is -0.148. The molecule has 1 saturated carbocycles. The first-order valence-electron chi connectivity index (χ1n) is 5.97. The normalized spacial score (nSPS) is 19.6. The van der Waals surface area contributed by atoms with Crippen molar-refractivity contribution < 1.29 is 9.53 Å². The Labute approximate surface area is 98.3 Å². The molecule has 4 heteroatoms. The molecule has 0 aliphatic heterocycles. The van der Waals surface area contributed by atoms with Gasteiger partial charge in [-0.3, -0.25) is 4.79 Å². The number of likely N-dealkylation sites (N-methyl/N-ethyl adjacent to an activating group) is 1. The van der Waals surface area contributed by atoms with E-state index in [4.69, 9.17) is 4.74 Å². The lowest BCUT2D eigenvalue weighted by Gasteiger charge is -2.28. The highest BCUT2D eigenvalue weighted by atomic mass is 16.5. The first kappa shape index (κ1) is 13.5. The van der Waals surface area contributed by atoms with Crippen molar-refractivity contribution >= 4 is 5.97 Å². The lowest BCUT2D eigenvalue weighted by Crippen LogP contribution is -2.50. The Kier molecular flexibility index (Phi) is 4.74. The number of nitrogens with zero attached hydrogens (tertiary/aromatic N) is 1. The second kappa shape index (κ2) is 5.64. The zero-order valence-corrected chi connectivity index (χ0v) is 10.9. The van der Waals surface area contributed by atoms with Crippen LogP contribution in [0.15, 0.2) is 0 Å². The number of ether oxygens (including phenoxy) is 1. The smallest absolute Gasteiger partial charge is 0.325 e. The summed E-state index contributed by atoms with van der Waals surface area (Å²) in [4.78, 5) is 13.9. The van der Waals surface area contributed by atoms with Gasteiger partial charge in [0.05, 0.1) is 7.11 Å². The Balaban J connectivity index is 2.33. The quantitative estimate of drug-likeness (QED) is 0.657. The van der Waals surface area contributed by atoms with Gasteiger partial charge in [0.15, 0.2) is 0 Å². The average molecular weight is 228 g/mol. The van der Waals surface area contributed by atoms with Gasteiger partial charge in [-0.15, -0.1) is 0 Å². The Hall–Kier alpha value is -0.610. The van der Waals surface area contributed by atoms with Crippen LogP contribution < -0.4 is 5.32 Å². The van der Waals surface area contributed by atoms with Crippen molar-refractivity contribution in [3.8, 4) is 0 Å². The molecule has 1 atom stereocenters. The van der Waals surface area contributed by atoms with Crippen LogP contribution in [0.2, 0.25) is 0 Å². The predicted molar refractivity (Wildman–Crippen MR) is 64.3 cm³/mol. The molecule has 1 unspecified atom stereocenters. The number of carbonyl (C=O) groups is 1. The molecule has 0 heterocycles. The van der Waals surface area contributed by atoms with E-state index in [2.05, 4.69) is 17.3 Å². The maximum atomic E-state index is 11.6. The average Bonchev–Trinajstić information content (AvgIpc) is 3.08. The molecule has 1 N–H and O–H groups in total. The van der Waals surface area contributed by atoms with E-state index < -0.39 is 5.54 Å². The number of methoxy groups -OCH3 is 1. The zero-order chi connectivity index (χ0) is 12.2. The third kappa shape index (κ3) is 3.76. The van der Waals surface area contributed by atoms with E-state index in [1.54, 1.807) is 7.05 Å². The molecule has 4 nitrogen and oxygen atoms in total. The Morgan fingerprint density at radius 3 is 2.62 bits per heavy atom. The molecular formula is C12H24N2O2. The highest BCUT2D eigenvalue weighted by Crippen LogP contribution is 2.29. The van der Waals surface area contributed by atoms with Gasteiger partial charge >= 0.3 is 5.97 Å². The summed E-state index contributed by atoms with van der Waals surface area (Å²) in [5.41, 5.74) is -0.563. The molecule has 0 spiro atoms. The van der Waals surface area contributed by atoms with Crippen molar-refractivity contribution in [2.24, 2.45) is 5.92 Å². The summed E-state index contributed by atoms with van der Waals surface area (Å²) in [5.74, 6) is 0.707. The number of hydrogen-bond donors (Lipinski definition) is 1. The number of esters is 1. The van der Waals surface area contributed by atoms with Gasteiger partial charge in [0.1, 0.15) is 5.54 Å². The SMILES string of the molecule is CNC(C)(CCN(C)CC1CC1)C(=O)OC. The van der Waals surface area contributed by atoms with Crippen molar-refractivity contribution in [3.05, 3.63) is 0 Å². The fraction of sp³-hybridized carbons (Fsp3) is 0.917. The second-order valence-electron chi connectivity index (χ2n) is 5.03. The molecule has 0 aromatic heterocycles. The number of hydrogen-bond acceptors (Lipinski definition) is 4. The maximum Gasteiger partial charge on any atom is 0.325 e. The monoisotopic (exact) mass is 228 g/mol. The molecule has 0 aromatic carbocycles. The summed E-state index contributed by atoms with van der Waals surface area (Å²) in [7, 11) is 5.36.